The van der Waals surface area contributed by atoms with E-state index in [1.165, 1.54) is 11.0 Å². The quantitative estimate of drug-likeness (QED) is 0.926. The van der Waals surface area contributed by atoms with Crippen molar-refractivity contribution in [2.75, 3.05) is 6.61 Å². The van der Waals surface area contributed by atoms with Crippen molar-refractivity contribution in [3.05, 3.63) is 42.2 Å². The maximum atomic E-state index is 12.2. The van der Waals surface area contributed by atoms with E-state index < -0.39 is 0 Å². The zero-order valence-corrected chi connectivity index (χ0v) is 11.9. The number of ether oxygens (including phenoxy) is 1. The van der Waals surface area contributed by atoms with Gasteiger partial charge in [0, 0.05) is 6.61 Å². The molecule has 2 aromatic rings. The average molecular weight is 286 g/mol. The minimum atomic E-state index is -0.222. The van der Waals surface area contributed by atoms with Gasteiger partial charge in [0.25, 0.3) is 5.91 Å². The first-order chi connectivity index (χ1) is 10.2. The van der Waals surface area contributed by atoms with Gasteiger partial charge in [-0.25, -0.2) is 0 Å². The Kier molecular flexibility index (Phi) is 3.96. The Hall–Kier alpha value is -2.21. The number of benzene rings is 1. The Morgan fingerprint density at radius 1 is 1.43 bits per heavy atom. The van der Waals surface area contributed by atoms with Crippen molar-refractivity contribution >= 4 is 5.91 Å². The molecule has 1 aromatic heterocycles. The molecular weight excluding hydrogens is 268 g/mol. The molecule has 2 heterocycles. The Labute approximate surface area is 123 Å². The third-order valence-electron chi connectivity index (χ3n) is 3.59. The predicted octanol–water partition coefficient (Wildman–Crippen LogP) is 1.56. The van der Waals surface area contributed by atoms with Crippen LogP contribution in [-0.2, 0) is 4.74 Å². The van der Waals surface area contributed by atoms with E-state index in [1.54, 1.807) is 0 Å². The highest BCUT2D eigenvalue weighted by atomic mass is 16.5. The van der Waals surface area contributed by atoms with Crippen LogP contribution in [0.3, 0.4) is 0 Å². The van der Waals surface area contributed by atoms with Crippen molar-refractivity contribution in [2.24, 2.45) is 0 Å². The molecule has 0 bridgehead atoms. The molecule has 3 rings (SSSR count). The van der Waals surface area contributed by atoms with E-state index in [4.69, 9.17) is 4.74 Å². The Morgan fingerprint density at radius 2 is 2.24 bits per heavy atom. The predicted molar refractivity (Wildman–Crippen MR) is 77.3 cm³/mol. The van der Waals surface area contributed by atoms with E-state index in [0.29, 0.717) is 5.69 Å². The van der Waals surface area contributed by atoms with Gasteiger partial charge in [0.05, 0.1) is 24.0 Å². The highest BCUT2D eigenvalue weighted by Gasteiger charge is 2.24. The molecule has 2 atom stereocenters. The second-order valence-corrected chi connectivity index (χ2v) is 5.17. The van der Waals surface area contributed by atoms with E-state index >= 15 is 0 Å². The van der Waals surface area contributed by atoms with Gasteiger partial charge in [-0.2, -0.15) is 9.90 Å². The second kappa shape index (κ2) is 6.05. The largest absolute Gasteiger partial charge is 0.376 e. The van der Waals surface area contributed by atoms with Gasteiger partial charge < -0.3 is 10.1 Å². The lowest BCUT2D eigenvalue weighted by Crippen LogP contribution is -2.41. The van der Waals surface area contributed by atoms with Crippen molar-refractivity contribution in [3.63, 3.8) is 0 Å². The fourth-order valence-corrected chi connectivity index (χ4v) is 2.42. The zero-order chi connectivity index (χ0) is 14.7. The van der Waals surface area contributed by atoms with Gasteiger partial charge in [-0.1, -0.05) is 18.2 Å². The summed E-state index contributed by atoms with van der Waals surface area (Å²) in [5, 5.41) is 11.3. The maximum absolute atomic E-state index is 12.2. The van der Waals surface area contributed by atoms with Crippen LogP contribution in [0.5, 0.6) is 0 Å². The van der Waals surface area contributed by atoms with Gasteiger partial charge in [-0.15, -0.1) is 5.10 Å². The van der Waals surface area contributed by atoms with E-state index in [-0.39, 0.29) is 18.1 Å². The molecule has 1 aliphatic heterocycles. The lowest BCUT2D eigenvalue weighted by molar-refractivity contribution is 0.0709. The smallest absolute Gasteiger partial charge is 0.273 e. The van der Waals surface area contributed by atoms with E-state index in [9.17, 15) is 4.79 Å². The molecule has 0 radical (unpaired) electrons. The highest BCUT2D eigenvalue weighted by Crippen LogP contribution is 2.15. The third kappa shape index (κ3) is 3.11. The molecule has 21 heavy (non-hydrogen) atoms. The Morgan fingerprint density at radius 3 is 2.95 bits per heavy atom. The van der Waals surface area contributed by atoms with Crippen molar-refractivity contribution in [3.8, 4) is 5.69 Å². The number of nitrogens with one attached hydrogen (secondary N) is 1. The molecule has 6 heteroatoms. The third-order valence-corrected chi connectivity index (χ3v) is 3.59. The van der Waals surface area contributed by atoms with Crippen molar-refractivity contribution in [1.82, 2.24) is 20.3 Å². The number of rotatable bonds is 4. The normalized spacial score (nSPS) is 19.4. The van der Waals surface area contributed by atoms with Gasteiger partial charge in [0.2, 0.25) is 0 Å². The molecule has 0 unspecified atom stereocenters. The number of carbonyl (C=O) groups is 1. The van der Waals surface area contributed by atoms with Crippen LogP contribution >= 0.6 is 0 Å². The summed E-state index contributed by atoms with van der Waals surface area (Å²) < 4.78 is 5.57. The van der Waals surface area contributed by atoms with Gasteiger partial charge in [-0.3, -0.25) is 4.79 Å². The molecule has 0 saturated carbocycles. The topological polar surface area (TPSA) is 69.0 Å². The van der Waals surface area contributed by atoms with Crippen molar-refractivity contribution < 1.29 is 9.53 Å². The van der Waals surface area contributed by atoms with E-state index in [1.807, 2.05) is 37.3 Å². The molecule has 1 fully saturated rings. The summed E-state index contributed by atoms with van der Waals surface area (Å²) in [4.78, 5) is 13.6. The number of aromatic nitrogens is 3. The summed E-state index contributed by atoms with van der Waals surface area (Å²) in [6.45, 7) is 2.73. The Balaban J connectivity index is 1.67. The SMILES string of the molecule is C[C@H](NC(=O)c1cnn(-c2ccccc2)n1)[C@H]1CCCO1. The molecule has 0 aliphatic carbocycles. The van der Waals surface area contributed by atoms with Crippen LogP contribution in [0.1, 0.15) is 30.3 Å². The lowest BCUT2D eigenvalue weighted by atomic mass is 10.1. The Bertz CT molecular complexity index is 605. The van der Waals surface area contributed by atoms with Gasteiger partial charge in [0.1, 0.15) is 0 Å². The summed E-state index contributed by atoms with van der Waals surface area (Å²) in [6, 6.07) is 9.47. The van der Waals surface area contributed by atoms with E-state index in [0.717, 1.165) is 25.1 Å². The first-order valence-electron chi connectivity index (χ1n) is 7.14. The van der Waals surface area contributed by atoms with Gasteiger partial charge in [0.15, 0.2) is 5.69 Å². The van der Waals surface area contributed by atoms with E-state index in [2.05, 4.69) is 15.5 Å². The van der Waals surface area contributed by atoms with Gasteiger partial charge in [-0.05, 0) is 31.9 Å². The molecule has 1 aromatic carbocycles. The monoisotopic (exact) mass is 286 g/mol. The molecule has 1 amide bonds. The number of hydrogen-bond acceptors (Lipinski definition) is 4. The number of carbonyl (C=O) groups excluding carboxylic acids is 1. The zero-order valence-electron chi connectivity index (χ0n) is 11.9. The molecule has 1 saturated heterocycles. The van der Waals surface area contributed by atoms with Crippen molar-refractivity contribution in [1.29, 1.82) is 0 Å². The minimum Gasteiger partial charge on any atom is -0.376 e. The number of nitrogens with zero attached hydrogens (tertiary/aromatic N) is 3. The molecule has 6 nitrogen and oxygen atoms in total. The molecule has 0 spiro atoms. The van der Waals surface area contributed by atoms with Crippen LogP contribution in [0.4, 0.5) is 0 Å². The first-order valence-corrected chi connectivity index (χ1v) is 7.14. The minimum absolute atomic E-state index is 0.0260. The summed E-state index contributed by atoms with van der Waals surface area (Å²) in [6.07, 6.45) is 3.61. The van der Waals surface area contributed by atoms with Crippen LogP contribution in [-0.4, -0.2) is 39.7 Å². The first kappa shape index (κ1) is 13.8. The summed E-state index contributed by atoms with van der Waals surface area (Å²) >= 11 is 0. The highest BCUT2D eigenvalue weighted by molar-refractivity contribution is 5.92. The van der Waals surface area contributed by atoms with Crippen LogP contribution in [0, 0.1) is 0 Å². The number of amides is 1. The molecular formula is C15H18N4O2. The summed E-state index contributed by atoms with van der Waals surface area (Å²) in [5.74, 6) is -0.222. The lowest BCUT2D eigenvalue weighted by Gasteiger charge is -2.19. The second-order valence-electron chi connectivity index (χ2n) is 5.17. The molecule has 1 N–H and O–H groups in total. The van der Waals surface area contributed by atoms with Crippen LogP contribution in [0.2, 0.25) is 0 Å². The molecule has 1 aliphatic rings. The van der Waals surface area contributed by atoms with Crippen LogP contribution in [0.25, 0.3) is 5.69 Å². The van der Waals surface area contributed by atoms with Crippen LogP contribution in [0.15, 0.2) is 36.5 Å². The molecule has 110 valence electrons. The van der Waals surface area contributed by atoms with Gasteiger partial charge >= 0.3 is 0 Å². The average Bonchev–Trinajstić information content (AvgIpc) is 3.20. The standard InChI is InChI=1S/C15H18N4O2/c1-11(14-8-5-9-21-14)17-15(20)13-10-16-19(18-13)12-6-3-2-4-7-12/h2-4,6-7,10-11,14H,5,8-9H2,1H3,(H,17,20)/t11-,14+/m0/s1. The fraction of sp³-hybridized carbons (Fsp3) is 0.400. The summed E-state index contributed by atoms with van der Waals surface area (Å²) in [5.41, 5.74) is 1.13. The number of hydrogen-bond donors (Lipinski definition) is 1. The summed E-state index contributed by atoms with van der Waals surface area (Å²) in [7, 11) is 0. The number of para-hydroxylation sites is 1. The fourth-order valence-electron chi connectivity index (χ4n) is 2.42. The maximum Gasteiger partial charge on any atom is 0.273 e. The van der Waals surface area contributed by atoms with Crippen molar-refractivity contribution in [2.45, 2.75) is 31.9 Å². The van der Waals surface area contributed by atoms with Crippen LogP contribution < -0.4 is 5.32 Å².